The van der Waals surface area contributed by atoms with Gasteiger partial charge in [0.1, 0.15) is 0 Å². The third kappa shape index (κ3) is 2.65. The first-order valence-corrected chi connectivity index (χ1v) is 6.81. The van der Waals surface area contributed by atoms with Gasteiger partial charge in [0.25, 0.3) is 0 Å². The molecule has 0 aromatic heterocycles. The minimum atomic E-state index is -0.717. The van der Waals surface area contributed by atoms with Crippen molar-refractivity contribution in [2.24, 2.45) is 10.8 Å². The lowest BCUT2D eigenvalue weighted by Gasteiger charge is -2.47. The molecule has 3 nitrogen and oxygen atoms in total. The third-order valence-electron chi connectivity index (χ3n) is 4.17. The second kappa shape index (κ2) is 5.72. The number of ketones is 1. The predicted molar refractivity (Wildman–Crippen MR) is 75.7 cm³/mol. The van der Waals surface area contributed by atoms with Crippen LogP contribution < -0.4 is 0 Å². The second-order valence-corrected chi connectivity index (χ2v) is 5.81. The summed E-state index contributed by atoms with van der Waals surface area (Å²) in [7, 11) is 0. The van der Waals surface area contributed by atoms with E-state index in [1.54, 1.807) is 19.1 Å². The number of carbonyl (C=O) groups excluding carboxylic acids is 2. The Hall–Kier alpha value is -1.38. The molecule has 0 aromatic carbocycles. The van der Waals surface area contributed by atoms with Crippen molar-refractivity contribution < 1.29 is 14.3 Å². The number of carbonyl (C=O) groups is 2. The molecule has 0 aromatic rings. The second-order valence-electron chi connectivity index (χ2n) is 5.81. The smallest absolute Gasteiger partial charge is 0.316 e. The number of esters is 1. The van der Waals surface area contributed by atoms with Crippen molar-refractivity contribution in [2.75, 3.05) is 6.61 Å². The molecule has 0 N–H and O–H groups in total. The lowest BCUT2D eigenvalue weighted by Crippen LogP contribution is -2.49. The van der Waals surface area contributed by atoms with Crippen LogP contribution in [0.15, 0.2) is 24.3 Å². The number of hydrogen-bond donors (Lipinski definition) is 0. The van der Waals surface area contributed by atoms with Crippen LogP contribution in [0, 0.1) is 10.8 Å². The molecular weight excluding hydrogens is 240 g/mol. The van der Waals surface area contributed by atoms with E-state index < -0.39 is 10.8 Å². The van der Waals surface area contributed by atoms with Crippen LogP contribution in [0.25, 0.3) is 0 Å². The minimum Gasteiger partial charge on any atom is -0.465 e. The van der Waals surface area contributed by atoms with Gasteiger partial charge in [0.15, 0.2) is 5.78 Å². The van der Waals surface area contributed by atoms with E-state index in [1.165, 1.54) is 0 Å². The lowest BCUT2D eigenvalue weighted by atomic mass is 9.55. The molecule has 0 heterocycles. The van der Waals surface area contributed by atoms with Crippen LogP contribution in [-0.4, -0.2) is 18.4 Å². The van der Waals surface area contributed by atoms with Gasteiger partial charge in [-0.2, -0.15) is 0 Å². The van der Waals surface area contributed by atoms with E-state index in [0.717, 1.165) is 12.0 Å². The fourth-order valence-electron chi connectivity index (χ4n) is 3.18. The molecule has 19 heavy (non-hydrogen) atoms. The maximum Gasteiger partial charge on any atom is 0.316 e. The van der Waals surface area contributed by atoms with Crippen LogP contribution in [0.3, 0.4) is 0 Å². The van der Waals surface area contributed by atoms with E-state index in [0.29, 0.717) is 19.4 Å². The van der Waals surface area contributed by atoms with Gasteiger partial charge in [0, 0.05) is 6.42 Å². The fraction of sp³-hybridized carbons (Fsp3) is 0.625. The summed E-state index contributed by atoms with van der Waals surface area (Å²) < 4.78 is 5.30. The number of rotatable bonds is 5. The summed E-state index contributed by atoms with van der Waals surface area (Å²) >= 11 is 0. The lowest BCUT2D eigenvalue weighted by molar-refractivity contribution is -0.162. The summed E-state index contributed by atoms with van der Waals surface area (Å²) in [4.78, 5) is 24.3. The van der Waals surface area contributed by atoms with Crippen LogP contribution in [0.1, 0.15) is 47.0 Å². The van der Waals surface area contributed by atoms with Crippen molar-refractivity contribution in [1.82, 2.24) is 0 Å². The van der Waals surface area contributed by atoms with Gasteiger partial charge < -0.3 is 4.74 Å². The Morgan fingerprint density at radius 2 is 2.16 bits per heavy atom. The molecule has 0 aliphatic heterocycles. The third-order valence-corrected chi connectivity index (χ3v) is 4.17. The van der Waals surface area contributed by atoms with E-state index in [4.69, 9.17) is 4.74 Å². The molecule has 106 valence electrons. The van der Waals surface area contributed by atoms with Crippen LogP contribution in [0.4, 0.5) is 0 Å². The molecular formula is C16H24O3. The molecule has 1 aliphatic rings. The summed E-state index contributed by atoms with van der Waals surface area (Å²) in [6, 6.07) is 0. The Labute approximate surface area is 115 Å². The molecule has 0 bridgehead atoms. The van der Waals surface area contributed by atoms with Gasteiger partial charge in [-0.15, -0.1) is 6.58 Å². The van der Waals surface area contributed by atoms with Crippen LogP contribution >= 0.6 is 0 Å². The summed E-state index contributed by atoms with van der Waals surface area (Å²) in [5.74, 6) is -0.135. The van der Waals surface area contributed by atoms with Gasteiger partial charge in [0.05, 0.1) is 12.0 Å². The molecule has 1 rings (SSSR count). The Balaban J connectivity index is 3.33. The molecule has 0 amide bonds. The standard InChI is InChI=1S/C16H24O3/c1-6-8-9-16(14(18)19-7-2)12(3)10-13(17)11-15(16,4)5/h6,10H,1,7-9,11H2,2-5H3/t16-/m1/s1. The maximum atomic E-state index is 12.5. The van der Waals surface area contributed by atoms with Crippen molar-refractivity contribution >= 4 is 11.8 Å². The minimum absolute atomic E-state index is 0.0843. The highest BCUT2D eigenvalue weighted by molar-refractivity contribution is 5.96. The highest BCUT2D eigenvalue weighted by Gasteiger charge is 2.55. The monoisotopic (exact) mass is 264 g/mol. The SMILES string of the molecule is C=CCC[C@]1(C(=O)OCC)C(C)=CC(=O)CC1(C)C. The van der Waals surface area contributed by atoms with Crippen molar-refractivity contribution in [3.8, 4) is 0 Å². The average Bonchev–Trinajstić information content (AvgIpc) is 2.27. The first-order chi connectivity index (χ1) is 8.81. The molecule has 1 aliphatic carbocycles. The molecule has 0 saturated carbocycles. The molecule has 0 fully saturated rings. The topological polar surface area (TPSA) is 43.4 Å². The van der Waals surface area contributed by atoms with Crippen molar-refractivity contribution in [3.63, 3.8) is 0 Å². The van der Waals surface area contributed by atoms with Gasteiger partial charge in [-0.05, 0) is 38.2 Å². The van der Waals surface area contributed by atoms with Crippen molar-refractivity contribution in [1.29, 1.82) is 0 Å². The summed E-state index contributed by atoms with van der Waals surface area (Å²) in [5, 5.41) is 0. The Bertz CT molecular complexity index is 418. The highest BCUT2D eigenvalue weighted by Crippen LogP contribution is 2.53. The predicted octanol–water partition coefficient (Wildman–Crippen LogP) is 3.45. The molecule has 0 saturated heterocycles. The van der Waals surface area contributed by atoms with Gasteiger partial charge in [0.2, 0.25) is 0 Å². The molecule has 0 radical (unpaired) electrons. The zero-order chi connectivity index (χ0) is 14.7. The first kappa shape index (κ1) is 15.7. The van der Waals surface area contributed by atoms with Crippen LogP contribution in [0.2, 0.25) is 0 Å². The average molecular weight is 264 g/mol. The number of ether oxygens (including phenoxy) is 1. The van der Waals surface area contributed by atoms with E-state index in [2.05, 4.69) is 6.58 Å². The summed E-state index contributed by atoms with van der Waals surface area (Å²) in [6.07, 6.45) is 5.14. The molecule has 1 atom stereocenters. The van der Waals surface area contributed by atoms with Gasteiger partial charge in [-0.1, -0.05) is 25.5 Å². The Kier molecular flexibility index (Phi) is 4.72. The highest BCUT2D eigenvalue weighted by atomic mass is 16.5. The van der Waals surface area contributed by atoms with E-state index >= 15 is 0 Å². The maximum absolute atomic E-state index is 12.5. The Morgan fingerprint density at radius 3 is 2.63 bits per heavy atom. The van der Waals surface area contributed by atoms with Crippen molar-refractivity contribution in [2.45, 2.75) is 47.0 Å². The van der Waals surface area contributed by atoms with Crippen LogP contribution in [0.5, 0.6) is 0 Å². The van der Waals surface area contributed by atoms with Gasteiger partial charge >= 0.3 is 5.97 Å². The fourth-order valence-corrected chi connectivity index (χ4v) is 3.18. The van der Waals surface area contributed by atoms with E-state index in [9.17, 15) is 9.59 Å². The van der Waals surface area contributed by atoms with E-state index in [1.807, 2.05) is 20.8 Å². The zero-order valence-corrected chi connectivity index (χ0v) is 12.4. The van der Waals surface area contributed by atoms with Gasteiger partial charge in [-0.25, -0.2) is 0 Å². The van der Waals surface area contributed by atoms with Crippen LogP contribution in [-0.2, 0) is 14.3 Å². The number of allylic oxidation sites excluding steroid dienone is 2. The first-order valence-electron chi connectivity index (χ1n) is 6.81. The normalized spacial score (nSPS) is 25.7. The zero-order valence-electron chi connectivity index (χ0n) is 12.4. The quantitative estimate of drug-likeness (QED) is 0.564. The molecule has 0 unspecified atom stereocenters. The van der Waals surface area contributed by atoms with Crippen molar-refractivity contribution in [3.05, 3.63) is 24.3 Å². The summed E-state index contributed by atoms with van der Waals surface area (Å²) in [5.41, 5.74) is -0.336. The van der Waals surface area contributed by atoms with Gasteiger partial charge in [-0.3, -0.25) is 9.59 Å². The number of hydrogen-bond acceptors (Lipinski definition) is 3. The molecule has 0 spiro atoms. The Morgan fingerprint density at radius 1 is 1.53 bits per heavy atom. The largest absolute Gasteiger partial charge is 0.465 e. The molecule has 3 heteroatoms. The summed E-state index contributed by atoms with van der Waals surface area (Å²) in [6.45, 7) is 11.7. The van der Waals surface area contributed by atoms with E-state index in [-0.39, 0.29) is 11.8 Å².